The second-order valence-electron chi connectivity index (χ2n) is 5.68. The summed E-state index contributed by atoms with van der Waals surface area (Å²) in [5.41, 5.74) is 4.81. The van der Waals surface area contributed by atoms with E-state index in [1.165, 1.54) is 22.3 Å². The lowest BCUT2D eigenvalue weighted by molar-refractivity contribution is 0.594. The summed E-state index contributed by atoms with van der Waals surface area (Å²) in [6, 6.07) is 29.5. The van der Waals surface area contributed by atoms with Gasteiger partial charge >= 0.3 is 0 Å². The molecule has 3 aromatic carbocycles. The number of aromatic nitrogens is 3. The van der Waals surface area contributed by atoms with Crippen LogP contribution < -0.4 is 0 Å². The maximum Gasteiger partial charge on any atom is 0.137 e. The minimum atomic E-state index is 0.0264. The molecule has 0 aliphatic carbocycles. The van der Waals surface area contributed by atoms with Crippen molar-refractivity contribution in [2.75, 3.05) is 0 Å². The van der Waals surface area contributed by atoms with E-state index in [1.807, 2.05) is 16.8 Å². The number of hydrogen-bond donors (Lipinski definition) is 0. The van der Waals surface area contributed by atoms with Crippen molar-refractivity contribution in [2.24, 2.45) is 0 Å². The van der Waals surface area contributed by atoms with E-state index in [0.29, 0.717) is 0 Å². The Bertz CT molecular complexity index is 883. The van der Waals surface area contributed by atoms with Gasteiger partial charge in [-0.2, -0.15) is 5.10 Å². The molecule has 0 spiro atoms. The molecule has 0 aliphatic rings. The normalized spacial score (nSPS) is 12.0. The van der Waals surface area contributed by atoms with Crippen molar-refractivity contribution < 1.29 is 0 Å². The predicted octanol–water partition coefficient (Wildman–Crippen LogP) is 4.58. The molecule has 3 nitrogen and oxygen atoms in total. The third kappa shape index (κ3) is 2.84. The Morgan fingerprint density at radius 1 is 0.625 bits per heavy atom. The van der Waals surface area contributed by atoms with Crippen LogP contribution in [0.15, 0.2) is 97.6 Å². The average molecular weight is 311 g/mol. The van der Waals surface area contributed by atoms with Gasteiger partial charge in [-0.3, -0.25) is 0 Å². The lowest BCUT2D eigenvalue weighted by Crippen LogP contribution is -2.12. The van der Waals surface area contributed by atoms with E-state index in [-0.39, 0.29) is 6.04 Å². The zero-order valence-corrected chi connectivity index (χ0v) is 13.2. The second-order valence-corrected chi connectivity index (χ2v) is 5.68. The van der Waals surface area contributed by atoms with Gasteiger partial charge in [-0.25, -0.2) is 9.67 Å². The van der Waals surface area contributed by atoms with Gasteiger partial charge < -0.3 is 0 Å². The van der Waals surface area contributed by atoms with Gasteiger partial charge in [-0.1, -0.05) is 84.9 Å². The first-order valence-electron chi connectivity index (χ1n) is 7.96. The van der Waals surface area contributed by atoms with Crippen LogP contribution in [0.3, 0.4) is 0 Å². The van der Waals surface area contributed by atoms with Crippen LogP contribution in [0.2, 0.25) is 0 Å². The SMILES string of the molecule is c1ccc(-c2ccc(C(c3ccccc3)n3cncn3)cc2)cc1. The minimum Gasteiger partial charge on any atom is -0.241 e. The van der Waals surface area contributed by atoms with E-state index in [2.05, 4.69) is 82.9 Å². The summed E-state index contributed by atoms with van der Waals surface area (Å²) in [6.07, 6.45) is 3.34. The van der Waals surface area contributed by atoms with E-state index in [1.54, 1.807) is 12.7 Å². The van der Waals surface area contributed by atoms with Crippen LogP contribution >= 0.6 is 0 Å². The molecule has 0 aliphatic heterocycles. The van der Waals surface area contributed by atoms with Gasteiger partial charge in [-0.05, 0) is 22.3 Å². The van der Waals surface area contributed by atoms with Crippen molar-refractivity contribution in [3.05, 3.63) is 109 Å². The standard InChI is InChI=1S/C21H17N3/c1-3-7-17(8-4-1)18-11-13-20(14-12-18)21(24-16-22-15-23-24)19-9-5-2-6-10-19/h1-16,21H. The maximum absolute atomic E-state index is 4.36. The summed E-state index contributed by atoms with van der Waals surface area (Å²) in [5, 5.41) is 4.36. The molecule has 4 aromatic rings. The number of benzene rings is 3. The van der Waals surface area contributed by atoms with Crippen molar-refractivity contribution >= 4 is 0 Å². The molecule has 116 valence electrons. The molecule has 1 heterocycles. The quantitative estimate of drug-likeness (QED) is 0.552. The number of hydrogen-bond acceptors (Lipinski definition) is 2. The topological polar surface area (TPSA) is 30.7 Å². The summed E-state index contributed by atoms with van der Waals surface area (Å²) in [7, 11) is 0. The van der Waals surface area contributed by atoms with Crippen molar-refractivity contribution in [2.45, 2.75) is 6.04 Å². The average Bonchev–Trinajstić information content (AvgIpc) is 3.18. The Morgan fingerprint density at radius 2 is 1.21 bits per heavy atom. The molecule has 1 aromatic heterocycles. The van der Waals surface area contributed by atoms with Crippen LogP contribution in [-0.2, 0) is 0 Å². The van der Waals surface area contributed by atoms with Gasteiger partial charge in [0.05, 0.1) is 0 Å². The highest BCUT2D eigenvalue weighted by molar-refractivity contribution is 5.63. The molecule has 24 heavy (non-hydrogen) atoms. The first-order valence-corrected chi connectivity index (χ1v) is 7.96. The fraction of sp³-hybridized carbons (Fsp3) is 0.0476. The second kappa shape index (κ2) is 6.50. The molecule has 0 radical (unpaired) electrons. The Balaban J connectivity index is 1.74. The summed E-state index contributed by atoms with van der Waals surface area (Å²) < 4.78 is 1.90. The van der Waals surface area contributed by atoms with Gasteiger partial charge in [0, 0.05) is 0 Å². The monoisotopic (exact) mass is 311 g/mol. The minimum absolute atomic E-state index is 0.0264. The van der Waals surface area contributed by atoms with E-state index in [9.17, 15) is 0 Å². The van der Waals surface area contributed by atoms with E-state index >= 15 is 0 Å². The molecule has 3 heteroatoms. The third-order valence-electron chi connectivity index (χ3n) is 4.15. The van der Waals surface area contributed by atoms with E-state index in [4.69, 9.17) is 0 Å². The van der Waals surface area contributed by atoms with Crippen molar-refractivity contribution in [3.63, 3.8) is 0 Å². The van der Waals surface area contributed by atoms with Crippen LogP contribution in [0.4, 0.5) is 0 Å². The predicted molar refractivity (Wildman–Crippen MR) is 95.6 cm³/mol. The van der Waals surface area contributed by atoms with Gasteiger partial charge in [0.2, 0.25) is 0 Å². The van der Waals surface area contributed by atoms with Gasteiger partial charge in [0.25, 0.3) is 0 Å². The van der Waals surface area contributed by atoms with Crippen LogP contribution in [0.1, 0.15) is 17.2 Å². The summed E-state index contributed by atoms with van der Waals surface area (Å²) in [4.78, 5) is 4.11. The molecule has 0 fully saturated rings. The molecule has 0 bridgehead atoms. The highest BCUT2D eigenvalue weighted by Gasteiger charge is 2.16. The molecule has 0 saturated carbocycles. The maximum atomic E-state index is 4.36. The number of nitrogens with zero attached hydrogens (tertiary/aromatic N) is 3. The van der Waals surface area contributed by atoms with Gasteiger partial charge in [0.15, 0.2) is 0 Å². The highest BCUT2D eigenvalue weighted by atomic mass is 15.3. The van der Waals surface area contributed by atoms with Crippen LogP contribution in [0, 0.1) is 0 Å². The van der Waals surface area contributed by atoms with Crippen LogP contribution in [0.5, 0.6) is 0 Å². The Labute approximate surface area is 141 Å². The molecule has 1 atom stereocenters. The fourth-order valence-electron chi connectivity index (χ4n) is 2.97. The van der Waals surface area contributed by atoms with E-state index in [0.717, 1.165) is 0 Å². The van der Waals surface area contributed by atoms with Gasteiger partial charge in [0.1, 0.15) is 18.7 Å². The molecular formula is C21H17N3. The van der Waals surface area contributed by atoms with Crippen molar-refractivity contribution in [1.82, 2.24) is 14.8 Å². The smallest absolute Gasteiger partial charge is 0.137 e. The summed E-state index contributed by atoms with van der Waals surface area (Å²) >= 11 is 0. The Hall–Kier alpha value is -3.20. The Kier molecular flexibility index (Phi) is 3.90. The Morgan fingerprint density at radius 3 is 1.83 bits per heavy atom. The molecule has 1 unspecified atom stereocenters. The highest BCUT2D eigenvalue weighted by Crippen LogP contribution is 2.28. The van der Waals surface area contributed by atoms with Gasteiger partial charge in [-0.15, -0.1) is 0 Å². The van der Waals surface area contributed by atoms with Crippen molar-refractivity contribution in [3.8, 4) is 11.1 Å². The van der Waals surface area contributed by atoms with Crippen molar-refractivity contribution in [1.29, 1.82) is 0 Å². The summed E-state index contributed by atoms with van der Waals surface area (Å²) in [6.45, 7) is 0. The zero-order chi connectivity index (χ0) is 16.2. The summed E-state index contributed by atoms with van der Waals surface area (Å²) in [5.74, 6) is 0. The first-order chi connectivity index (χ1) is 11.9. The molecule has 0 N–H and O–H groups in total. The fourth-order valence-corrected chi connectivity index (χ4v) is 2.97. The number of rotatable bonds is 4. The molecule has 4 rings (SSSR count). The zero-order valence-electron chi connectivity index (χ0n) is 13.2. The third-order valence-corrected chi connectivity index (χ3v) is 4.15. The van der Waals surface area contributed by atoms with E-state index < -0.39 is 0 Å². The van der Waals surface area contributed by atoms with Crippen LogP contribution in [0.25, 0.3) is 11.1 Å². The molecule has 0 saturated heterocycles. The lowest BCUT2D eigenvalue weighted by atomic mass is 9.96. The first kappa shape index (κ1) is 14.4. The van der Waals surface area contributed by atoms with Crippen LogP contribution in [-0.4, -0.2) is 14.8 Å². The molecule has 0 amide bonds. The molecular weight excluding hydrogens is 294 g/mol. The largest absolute Gasteiger partial charge is 0.241 e. The lowest BCUT2D eigenvalue weighted by Gasteiger charge is -2.18.